The van der Waals surface area contributed by atoms with Crippen LogP contribution in [0.25, 0.3) is 0 Å². The van der Waals surface area contributed by atoms with Gasteiger partial charge in [0, 0.05) is 6.04 Å². The largest absolute Gasteiger partial charge is 0.494 e. The standard InChI is InChI=1S/C19H22FNO3/c1-13(10-17(22)15-6-4-3-5-7-15)21-19(23)12-14-8-9-18(24-2)16(20)11-14/h3-9,11,13,17,22H,10,12H2,1-2H3,(H,21,23)/t13-,17+/m0/s1. The summed E-state index contributed by atoms with van der Waals surface area (Å²) in [5.74, 6) is -0.554. The number of aliphatic hydroxyl groups excluding tert-OH is 1. The molecule has 4 nitrogen and oxygen atoms in total. The molecular weight excluding hydrogens is 309 g/mol. The van der Waals surface area contributed by atoms with Crippen LogP contribution in [-0.4, -0.2) is 24.2 Å². The van der Waals surface area contributed by atoms with Crippen molar-refractivity contribution in [2.45, 2.75) is 31.9 Å². The van der Waals surface area contributed by atoms with Gasteiger partial charge in [-0.2, -0.15) is 0 Å². The molecule has 0 aromatic heterocycles. The fraction of sp³-hybridized carbons (Fsp3) is 0.316. The summed E-state index contributed by atoms with van der Waals surface area (Å²) in [5.41, 5.74) is 1.39. The van der Waals surface area contributed by atoms with Crippen LogP contribution in [0.2, 0.25) is 0 Å². The molecule has 0 saturated carbocycles. The van der Waals surface area contributed by atoms with Gasteiger partial charge in [-0.15, -0.1) is 0 Å². The summed E-state index contributed by atoms with van der Waals surface area (Å²) in [6, 6.07) is 13.6. The monoisotopic (exact) mass is 331 g/mol. The van der Waals surface area contributed by atoms with Gasteiger partial charge < -0.3 is 15.2 Å². The summed E-state index contributed by atoms with van der Waals surface area (Å²) in [7, 11) is 1.39. The summed E-state index contributed by atoms with van der Waals surface area (Å²) < 4.78 is 18.5. The summed E-state index contributed by atoms with van der Waals surface area (Å²) in [6.45, 7) is 1.83. The number of hydrogen-bond donors (Lipinski definition) is 2. The number of halogens is 1. The Kier molecular flexibility index (Phi) is 6.32. The number of amides is 1. The number of hydrogen-bond acceptors (Lipinski definition) is 3. The van der Waals surface area contributed by atoms with Crippen molar-refractivity contribution in [3.05, 3.63) is 65.5 Å². The number of rotatable bonds is 7. The molecule has 0 radical (unpaired) electrons. The number of benzene rings is 2. The van der Waals surface area contributed by atoms with Crippen molar-refractivity contribution in [1.29, 1.82) is 0 Å². The highest BCUT2D eigenvalue weighted by atomic mass is 19.1. The molecule has 0 aliphatic rings. The minimum absolute atomic E-state index is 0.0761. The number of carbonyl (C=O) groups excluding carboxylic acids is 1. The van der Waals surface area contributed by atoms with Gasteiger partial charge in [0.15, 0.2) is 11.6 Å². The molecule has 0 unspecified atom stereocenters. The van der Waals surface area contributed by atoms with Crippen molar-refractivity contribution in [2.75, 3.05) is 7.11 Å². The van der Waals surface area contributed by atoms with Gasteiger partial charge in [-0.1, -0.05) is 36.4 Å². The molecule has 0 aliphatic heterocycles. The molecule has 128 valence electrons. The van der Waals surface area contributed by atoms with Crippen LogP contribution in [0, 0.1) is 5.82 Å². The minimum atomic E-state index is -0.639. The highest BCUT2D eigenvalue weighted by Gasteiger charge is 2.15. The second-order valence-electron chi connectivity index (χ2n) is 5.78. The Hall–Kier alpha value is -2.40. The molecule has 2 N–H and O–H groups in total. The van der Waals surface area contributed by atoms with E-state index >= 15 is 0 Å². The van der Waals surface area contributed by atoms with E-state index < -0.39 is 11.9 Å². The van der Waals surface area contributed by atoms with Gasteiger partial charge in [-0.3, -0.25) is 4.79 Å². The number of aliphatic hydroxyl groups is 1. The van der Waals surface area contributed by atoms with Crippen LogP contribution in [0.5, 0.6) is 5.75 Å². The Morgan fingerprint density at radius 2 is 1.96 bits per heavy atom. The maximum absolute atomic E-state index is 13.6. The second kappa shape index (κ2) is 8.45. The quantitative estimate of drug-likeness (QED) is 0.820. The first-order chi connectivity index (χ1) is 11.5. The van der Waals surface area contributed by atoms with Gasteiger partial charge in [-0.05, 0) is 36.6 Å². The SMILES string of the molecule is COc1ccc(CC(=O)N[C@@H](C)C[C@@H](O)c2ccccc2)cc1F. The Balaban J connectivity index is 1.86. The lowest BCUT2D eigenvalue weighted by molar-refractivity contribution is -0.121. The zero-order valence-corrected chi connectivity index (χ0v) is 13.8. The molecule has 0 spiro atoms. The molecule has 24 heavy (non-hydrogen) atoms. The number of ether oxygens (including phenoxy) is 1. The van der Waals surface area contributed by atoms with E-state index in [9.17, 15) is 14.3 Å². The zero-order chi connectivity index (χ0) is 17.5. The fourth-order valence-electron chi connectivity index (χ4n) is 2.54. The number of methoxy groups -OCH3 is 1. The Morgan fingerprint density at radius 3 is 2.58 bits per heavy atom. The van der Waals surface area contributed by atoms with Crippen LogP contribution in [0.3, 0.4) is 0 Å². The van der Waals surface area contributed by atoms with Gasteiger partial charge in [-0.25, -0.2) is 4.39 Å². The lowest BCUT2D eigenvalue weighted by atomic mass is 10.0. The van der Waals surface area contributed by atoms with Gasteiger partial charge in [0.25, 0.3) is 0 Å². The van der Waals surface area contributed by atoms with E-state index in [1.54, 1.807) is 6.07 Å². The van der Waals surface area contributed by atoms with Crippen molar-refractivity contribution in [3.8, 4) is 5.75 Å². The van der Waals surface area contributed by atoms with E-state index in [-0.39, 0.29) is 24.1 Å². The molecule has 2 atom stereocenters. The van der Waals surface area contributed by atoms with E-state index in [0.29, 0.717) is 12.0 Å². The van der Waals surface area contributed by atoms with Crippen molar-refractivity contribution >= 4 is 5.91 Å². The van der Waals surface area contributed by atoms with Crippen molar-refractivity contribution in [2.24, 2.45) is 0 Å². The molecule has 2 rings (SSSR count). The minimum Gasteiger partial charge on any atom is -0.494 e. The molecular formula is C19H22FNO3. The van der Waals surface area contributed by atoms with Gasteiger partial charge in [0.05, 0.1) is 19.6 Å². The maximum Gasteiger partial charge on any atom is 0.224 e. The molecule has 0 saturated heterocycles. The highest BCUT2D eigenvalue weighted by Crippen LogP contribution is 2.19. The Morgan fingerprint density at radius 1 is 1.25 bits per heavy atom. The summed E-state index contributed by atoms with van der Waals surface area (Å²) in [6.07, 6.45) is -0.153. The lowest BCUT2D eigenvalue weighted by Gasteiger charge is -2.18. The van der Waals surface area contributed by atoms with Crippen LogP contribution < -0.4 is 10.1 Å². The number of nitrogens with one attached hydrogen (secondary N) is 1. The first-order valence-electron chi connectivity index (χ1n) is 7.84. The Labute approximate surface area is 141 Å². The van der Waals surface area contributed by atoms with Gasteiger partial charge in [0.2, 0.25) is 5.91 Å². The Bertz CT molecular complexity index is 676. The summed E-state index contributed by atoms with van der Waals surface area (Å²) in [4.78, 5) is 12.1. The topological polar surface area (TPSA) is 58.6 Å². The first-order valence-corrected chi connectivity index (χ1v) is 7.84. The van der Waals surface area contributed by atoms with Crippen LogP contribution >= 0.6 is 0 Å². The molecule has 2 aromatic rings. The fourth-order valence-corrected chi connectivity index (χ4v) is 2.54. The third kappa shape index (κ3) is 5.06. The van der Waals surface area contributed by atoms with Crippen molar-refractivity contribution in [1.82, 2.24) is 5.32 Å². The lowest BCUT2D eigenvalue weighted by Crippen LogP contribution is -2.34. The average molecular weight is 331 g/mol. The van der Waals surface area contributed by atoms with Crippen LogP contribution in [0.1, 0.15) is 30.6 Å². The summed E-state index contributed by atoms with van der Waals surface area (Å²) >= 11 is 0. The van der Waals surface area contributed by atoms with Crippen molar-refractivity contribution in [3.63, 3.8) is 0 Å². The molecule has 0 bridgehead atoms. The molecule has 5 heteroatoms. The van der Waals surface area contributed by atoms with E-state index in [4.69, 9.17) is 4.74 Å². The number of carbonyl (C=O) groups is 1. The van der Waals surface area contributed by atoms with Crippen LogP contribution in [0.4, 0.5) is 4.39 Å². The van der Waals surface area contributed by atoms with Crippen LogP contribution in [0.15, 0.2) is 48.5 Å². The molecule has 0 aliphatic carbocycles. The van der Waals surface area contributed by atoms with E-state index in [1.165, 1.54) is 19.2 Å². The normalized spacial score (nSPS) is 13.2. The first kappa shape index (κ1) is 17.9. The average Bonchev–Trinajstić information content (AvgIpc) is 2.55. The maximum atomic E-state index is 13.6. The smallest absolute Gasteiger partial charge is 0.224 e. The zero-order valence-electron chi connectivity index (χ0n) is 13.8. The van der Waals surface area contributed by atoms with Gasteiger partial charge >= 0.3 is 0 Å². The molecule has 0 heterocycles. The predicted molar refractivity (Wildman–Crippen MR) is 90.3 cm³/mol. The van der Waals surface area contributed by atoms with Crippen LogP contribution in [-0.2, 0) is 11.2 Å². The third-order valence-electron chi connectivity index (χ3n) is 3.75. The van der Waals surface area contributed by atoms with Gasteiger partial charge in [0.1, 0.15) is 0 Å². The van der Waals surface area contributed by atoms with E-state index in [2.05, 4.69) is 5.32 Å². The van der Waals surface area contributed by atoms with E-state index in [0.717, 1.165) is 5.56 Å². The summed E-state index contributed by atoms with van der Waals surface area (Å²) in [5, 5.41) is 13.0. The molecule has 2 aromatic carbocycles. The molecule has 1 amide bonds. The molecule has 0 fully saturated rings. The highest BCUT2D eigenvalue weighted by molar-refractivity contribution is 5.78. The van der Waals surface area contributed by atoms with Crippen molar-refractivity contribution < 1.29 is 19.0 Å². The second-order valence-corrected chi connectivity index (χ2v) is 5.78. The third-order valence-corrected chi connectivity index (χ3v) is 3.75. The predicted octanol–water partition coefficient (Wildman–Crippen LogP) is 3.01. The van der Waals surface area contributed by atoms with E-state index in [1.807, 2.05) is 37.3 Å².